The molecule has 7 nitrogen and oxygen atoms in total. The third-order valence-corrected chi connectivity index (χ3v) is 7.64. The first kappa shape index (κ1) is 28.8. The van der Waals surface area contributed by atoms with E-state index in [2.05, 4.69) is 66.3 Å². The van der Waals surface area contributed by atoms with Crippen LogP contribution in [0.25, 0.3) is 21.2 Å². The van der Waals surface area contributed by atoms with Crippen LogP contribution >= 0.6 is 11.3 Å². The molecule has 0 aliphatic heterocycles. The summed E-state index contributed by atoms with van der Waals surface area (Å²) in [7, 11) is 1.67. The van der Waals surface area contributed by atoms with Gasteiger partial charge in [-0.15, -0.1) is 22.4 Å². The van der Waals surface area contributed by atoms with Gasteiger partial charge in [0.05, 0.1) is 12.5 Å². The predicted molar refractivity (Wildman–Crippen MR) is 162 cm³/mol. The van der Waals surface area contributed by atoms with Gasteiger partial charge in [0, 0.05) is 34.1 Å². The van der Waals surface area contributed by atoms with E-state index in [0.29, 0.717) is 26.2 Å². The van der Waals surface area contributed by atoms with Crippen molar-refractivity contribution in [2.75, 3.05) is 20.3 Å². The number of nitrogens with one attached hydrogen (secondary N) is 1. The van der Waals surface area contributed by atoms with Gasteiger partial charge in [0.15, 0.2) is 0 Å². The summed E-state index contributed by atoms with van der Waals surface area (Å²) >= 11 is 1.81. The molecule has 4 aromatic rings. The number of amidine groups is 1. The zero-order valence-corrected chi connectivity index (χ0v) is 24.1. The van der Waals surface area contributed by atoms with Crippen LogP contribution in [0.15, 0.2) is 71.0 Å². The molecule has 0 saturated carbocycles. The van der Waals surface area contributed by atoms with E-state index in [1.54, 1.807) is 14.0 Å². The molecule has 1 aromatic heterocycles. The number of ether oxygens (including phenoxy) is 3. The molecule has 0 saturated heterocycles. The van der Waals surface area contributed by atoms with Crippen molar-refractivity contribution in [3.05, 3.63) is 82.2 Å². The molecular formula is C32H34N4O3S. The summed E-state index contributed by atoms with van der Waals surface area (Å²) in [4.78, 5) is 1.28. The Hall–Kier alpha value is -4.19. The van der Waals surface area contributed by atoms with Gasteiger partial charge >= 0.3 is 0 Å². The number of hydrogen-bond donors (Lipinski definition) is 2. The van der Waals surface area contributed by atoms with Gasteiger partial charge in [-0.3, -0.25) is 0 Å². The molecule has 0 aliphatic carbocycles. The number of rotatable bonds is 12. The van der Waals surface area contributed by atoms with E-state index in [9.17, 15) is 0 Å². The van der Waals surface area contributed by atoms with Crippen LogP contribution < -0.4 is 15.2 Å². The zero-order chi connectivity index (χ0) is 28.5. The van der Waals surface area contributed by atoms with Crippen LogP contribution in [-0.4, -0.2) is 26.2 Å². The smallest absolute Gasteiger partial charge is 0.125 e. The normalized spacial score (nSPS) is 12.1. The average Bonchev–Trinajstić information content (AvgIpc) is 3.27. The molecule has 206 valence electrons. The maximum absolute atomic E-state index is 6.87. The Balaban J connectivity index is 1.50. The number of aryl methyl sites for hydroxylation is 2. The molecule has 0 aliphatic rings. The van der Waals surface area contributed by atoms with Crippen molar-refractivity contribution < 1.29 is 14.2 Å². The lowest BCUT2D eigenvalue weighted by Crippen LogP contribution is -2.15. The van der Waals surface area contributed by atoms with Crippen LogP contribution in [0.5, 0.6) is 11.5 Å². The molecule has 0 radical (unpaired) electrons. The monoisotopic (exact) mass is 554 g/mol. The summed E-state index contributed by atoms with van der Waals surface area (Å²) < 4.78 is 18.3. The maximum Gasteiger partial charge on any atom is 0.125 e. The first-order chi connectivity index (χ1) is 19.4. The molecule has 8 heteroatoms. The highest BCUT2D eigenvalue weighted by molar-refractivity contribution is 7.19. The number of hydrogen-bond acceptors (Lipinski definition) is 6. The number of benzene rings is 3. The summed E-state index contributed by atoms with van der Waals surface area (Å²) in [6.07, 6.45) is 0.412. The van der Waals surface area contributed by atoms with Crippen molar-refractivity contribution in [3.8, 4) is 34.5 Å². The first-order valence-corrected chi connectivity index (χ1v) is 13.8. The molecule has 3 N–H and O–H groups in total. The predicted octanol–water partition coefficient (Wildman–Crippen LogP) is 7.59. The largest absolute Gasteiger partial charge is 0.491 e. The fraction of sp³-hybridized carbons (Fsp3) is 0.281. The highest BCUT2D eigenvalue weighted by atomic mass is 32.1. The van der Waals surface area contributed by atoms with Crippen LogP contribution in [0, 0.1) is 31.2 Å². The van der Waals surface area contributed by atoms with E-state index in [-0.39, 0.29) is 11.8 Å². The summed E-state index contributed by atoms with van der Waals surface area (Å²) in [5.74, 6) is 7.88. The minimum Gasteiger partial charge on any atom is -0.491 e. The molecule has 40 heavy (non-hydrogen) atoms. The zero-order valence-electron chi connectivity index (χ0n) is 23.3. The second kappa shape index (κ2) is 13.7. The highest BCUT2D eigenvalue weighted by Gasteiger charge is 2.15. The molecule has 1 atom stereocenters. The first-order valence-electron chi connectivity index (χ1n) is 13.0. The van der Waals surface area contributed by atoms with Crippen molar-refractivity contribution >= 4 is 27.3 Å². The van der Waals surface area contributed by atoms with Gasteiger partial charge in [-0.25, -0.2) is 0 Å². The highest BCUT2D eigenvalue weighted by Crippen LogP contribution is 2.41. The van der Waals surface area contributed by atoms with Crippen LogP contribution in [-0.2, 0) is 11.3 Å². The van der Waals surface area contributed by atoms with Crippen LogP contribution in [0.2, 0.25) is 0 Å². The molecule has 0 fully saturated rings. The van der Waals surface area contributed by atoms with Crippen molar-refractivity contribution in [1.29, 1.82) is 5.53 Å². The van der Waals surface area contributed by atoms with Gasteiger partial charge in [-0.05, 0) is 79.4 Å². The Morgan fingerprint density at radius 2 is 1.77 bits per heavy atom. The Morgan fingerprint density at radius 1 is 1.00 bits per heavy atom. The number of nitrogens with two attached hydrogens (primary N) is 1. The van der Waals surface area contributed by atoms with Crippen LogP contribution in [0.3, 0.4) is 0 Å². The van der Waals surface area contributed by atoms with E-state index in [4.69, 9.17) is 25.5 Å². The Morgan fingerprint density at radius 3 is 2.48 bits per heavy atom. The lowest BCUT2D eigenvalue weighted by Gasteiger charge is -2.13. The minimum atomic E-state index is -0.123. The van der Waals surface area contributed by atoms with Gasteiger partial charge < -0.3 is 19.9 Å². The van der Waals surface area contributed by atoms with Crippen LogP contribution in [0.4, 0.5) is 0 Å². The van der Waals surface area contributed by atoms with Crippen LogP contribution in [0.1, 0.15) is 40.8 Å². The number of thiophene rings is 1. The topological polar surface area (TPSA) is 102 Å². The van der Waals surface area contributed by atoms with E-state index in [0.717, 1.165) is 22.6 Å². The Kier molecular flexibility index (Phi) is 9.90. The second-order valence-electron chi connectivity index (χ2n) is 9.38. The van der Waals surface area contributed by atoms with E-state index >= 15 is 0 Å². The quantitative estimate of drug-likeness (QED) is 0.0470. The molecule has 0 amide bonds. The second-order valence-corrected chi connectivity index (χ2v) is 10.6. The molecule has 0 spiro atoms. The van der Waals surface area contributed by atoms with E-state index in [1.807, 2.05) is 41.7 Å². The van der Waals surface area contributed by atoms with Gasteiger partial charge in [0.1, 0.15) is 30.5 Å². The Bertz CT molecular complexity index is 1570. The fourth-order valence-corrected chi connectivity index (χ4v) is 5.70. The Labute approximate surface area is 239 Å². The van der Waals surface area contributed by atoms with Gasteiger partial charge in [0.2, 0.25) is 0 Å². The van der Waals surface area contributed by atoms with E-state index in [1.165, 1.54) is 31.7 Å². The molecule has 0 bridgehead atoms. The van der Waals surface area contributed by atoms with Gasteiger partial charge in [-0.1, -0.05) is 35.4 Å². The maximum atomic E-state index is 6.87. The summed E-state index contributed by atoms with van der Waals surface area (Å²) in [5.41, 5.74) is 18.5. The average molecular weight is 555 g/mol. The third kappa shape index (κ3) is 7.06. The minimum absolute atomic E-state index is 0.123. The van der Waals surface area contributed by atoms with Crippen molar-refractivity contribution in [2.24, 2.45) is 16.1 Å². The summed E-state index contributed by atoms with van der Waals surface area (Å²) in [6.45, 7) is 7.64. The molecule has 4 rings (SSSR count). The molecular weight excluding hydrogens is 520 g/mol. The van der Waals surface area contributed by atoms with E-state index < -0.39 is 0 Å². The number of fused-ring (bicyclic) bond motifs is 1. The fourth-order valence-electron chi connectivity index (χ4n) is 4.64. The molecule has 0 unspecified atom stereocenters. The van der Waals surface area contributed by atoms with Crippen molar-refractivity contribution in [3.63, 3.8) is 0 Å². The SMILES string of the molecule is CC#C[C@@H](C/C(N)=N/N=N)c1ccc(OCc2ccc3sc(C)c(-c4ccc(OCCOC)cc4C)c3c2)cc1. The van der Waals surface area contributed by atoms with Crippen molar-refractivity contribution in [2.45, 2.75) is 39.7 Å². The summed E-state index contributed by atoms with van der Waals surface area (Å²) in [5, 5.41) is 7.85. The lowest BCUT2D eigenvalue weighted by atomic mass is 9.95. The lowest BCUT2D eigenvalue weighted by molar-refractivity contribution is 0.146. The van der Waals surface area contributed by atoms with Gasteiger partial charge in [0.25, 0.3) is 0 Å². The standard InChI is InChI=1S/C32H34N4O3S/c1-5-6-25(19-31(33)35-36-34)24-8-10-26(11-9-24)39-20-23-7-14-30-29(18-23)32(22(3)40-30)28-13-12-27(17-21(28)2)38-16-15-37-4/h7-14,17-18,25H,15-16,19-20H2,1-4H3,(H3,33,34,35)/t25-/m0/s1. The molecule has 1 heterocycles. The van der Waals surface area contributed by atoms with Crippen molar-refractivity contribution in [1.82, 2.24) is 0 Å². The summed E-state index contributed by atoms with van der Waals surface area (Å²) in [6, 6.07) is 20.7. The number of nitrogens with zero attached hydrogens (tertiary/aromatic N) is 2. The third-order valence-electron chi connectivity index (χ3n) is 6.55. The number of methoxy groups -OCH3 is 1. The molecule has 3 aromatic carbocycles. The van der Waals surface area contributed by atoms with Gasteiger partial charge in [-0.2, -0.15) is 5.53 Å².